The van der Waals surface area contributed by atoms with Crippen molar-refractivity contribution in [3.05, 3.63) is 0 Å². The average Bonchev–Trinajstić information content (AvgIpc) is 2.25. The summed E-state index contributed by atoms with van der Waals surface area (Å²) >= 11 is 3.00. The summed E-state index contributed by atoms with van der Waals surface area (Å²) in [4.78, 5) is 12.4. The highest BCUT2D eigenvalue weighted by Crippen LogP contribution is 2.36. The Morgan fingerprint density at radius 1 is 1.69 bits per heavy atom. The van der Waals surface area contributed by atoms with Gasteiger partial charge in [-0.3, -0.25) is 4.79 Å². The Morgan fingerprint density at radius 2 is 2.23 bits per heavy atom. The normalized spacial score (nSPS) is 27.4. The third-order valence-corrected chi connectivity index (χ3v) is 3.07. The summed E-state index contributed by atoms with van der Waals surface area (Å²) in [6, 6.07) is -0.151. The molecule has 0 unspecified atom stereocenters. The molecule has 1 atom stereocenters. The molecular weight excluding hydrogens is 244 g/mol. The molecule has 1 fully saturated rings. The van der Waals surface area contributed by atoms with Gasteiger partial charge in [0.05, 0.1) is 5.92 Å². The van der Waals surface area contributed by atoms with Crippen molar-refractivity contribution in [1.82, 2.24) is 4.90 Å². The van der Waals surface area contributed by atoms with Crippen LogP contribution in [0.2, 0.25) is 0 Å². The molecule has 0 aromatic heterocycles. The molecule has 1 heterocycles. The van der Waals surface area contributed by atoms with Crippen LogP contribution in [0.1, 0.15) is 13.8 Å². The van der Waals surface area contributed by atoms with E-state index in [1.54, 1.807) is 13.8 Å². The Labute approximate surface area is 84.4 Å². The molecule has 1 aliphatic heterocycles. The van der Waals surface area contributed by atoms with Crippen molar-refractivity contribution in [3.8, 4) is 0 Å². The van der Waals surface area contributed by atoms with Crippen LogP contribution in [0.3, 0.4) is 0 Å². The monoisotopic (exact) mass is 255 g/mol. The van der Waals surface area contributed by atoms with E-state index in [4.69, 9.17) is 0 Å². The van der Waals surface area contributed by atoms with Gasteiger partial charge >= 0.3 is 5.92 Å². The summed E-state index contributed by atoms with van der Waals surface area (Å²) in [7, 11) is 0. The van der Waals surface area contributed by atoms with E-state index in [0.717, 1.165) is 0 Å². The first-order valence-electron chi connectivity index (χ1n) is 4.16. The third kappa shape index (κ3) is 1.71. The fourth-order valence-electron chi connectivity index (χ4n) is 1.39. The molecule has 0 aromatic rings. The lowest BCUT2D eigenvalue weighted by atomic mass is 10.1. The second-order valence-corrected chi connectivity index (χ2v) is 4.17. The van der Waals surface area contributed by atoms with Crippen molar-refractivity contribution < 1.29 is 13.6 Å². The average molecular weight is 256 g/mol. The van der Waals surface area contributed by atoms with Gasteiger partial charge in [-0.05, 0) is 13.8 Å². The summed E-state index contributed by atoms with van der Waals surface area (Å²) < 4.78 is 26.4. The molecule has 2 nitrogen and oxygen atoms in total. The summed E-state index contributed by atoms with van der Waals surface area (Å²) in [6.45, 7) is 3.63. The maximum Gasteiger partial charge on any atom is 0.330 e. The highest BCUT2D eigenvalue weighted by Gasteiger charge is 2.55. The quantitative estimate of drug-likeness (QED) is 0.691. The smallest absolute Gasteiger partial charge is 0.330 e. The van der Waals surface area contributed by atoms with Crippen molar-refractivity contribution >= 4 is 21.8 Å². The van der Waals surface area contributed by atoms with Crippen molar-refractivity contribution in [2.45, 2.75) is 25.8 Å². The first kappa shape index (κ1) is 10.9. The molecule has 0 saturated carbocycles. The number of nitrogens with zero attached hydrogens (tertiary/aromatic N) is 1. The number of halogens is 3. The first-order valence-corrected chi connectivity index (χ1v) is 5.28. The van der Waals surface area contributed by atoms with Crippen LogP contribution < -0.4 is 0 Å². The van der Waals surface area contributed by atoms with Crippen LogP contribution in [0.25, 0.3) is 0 Å². The van der Waals surface area contributed by atoms with Gasteiger partial charge in [0.2, 0.25) is 0 Å². The van der Waals surface area contributed by atoms with Gasteiger partial charge in [0.1, 0.15) is 0 Å². The minimum atomic E-state index is -3.19. The lowest BCUT2D eigenvalue weighted by molar-refractivity contribution is -0.151. The molecule has 0 N–H and O–H groups in total. The second kappa shape index (κ2) is 3.52. The molecule has 0 aliphatic carbocycles. The zero-order valence-electron chi connectivity index (χ0n) is 7.56. The number of hydrogen-bond donors (Lipinski definition) is 0. The number of alkyl halides is 3. The molecule has 1 aliphatic rings. The molecular formula is C8H12BrF2NO. The van der Waals surface area contributed by atoms with E-state index < -0.39 is 17.7 Å². The zero-order valence-corrected chi connectivity index (χ0v) is 9.14. The number of amides is 1. The topological polar surface area (TPSA) is 20.3 Å². The second-order valence-electron chi connectivity index (χ2n) is 3.53. The maximum absolute atomic E-state index is 13.2. The Bertz CT molecular complexity index is 220. The minimum Gasteiger partial charge on any atom is -0.334 e. The van der Waals surface area contributed by atoms with Gasteiger partial charge in [0.25, 0.3) is 5.91 Å². The van der Waals surface area contributed by atoms with Gasteiger partial charge in [-0.15, -0.1) is 0 Å². The molecule has 76 valence electrons. The van der Waals surface area contributed by atoms with E-state index >= 15 is 0 Å². The van der Waals surface area contributed by atoms with Crippen LogP contribution in [0.4, 0.5) is 8.78 Å². The fraction of sp³-hybridized carbons (Fsp3) is 0.875. The maximum atomic E-state index is 13.2. The first-order chi connectivity index (χ1) is 5.91. The minimum absolute atomic E-state index is 0.148. The van der Waals surface area contributed by atoms with Crippen LogP contribution in [0, 0.1) is 5.92 Å². The van der Waals surface area contributed by atoms with Crippen molar-refractivity contribution in [2.24, 2.45) is 5.92 Å². The van der Waals surface area contributed by atoms with Crippen LogP contribution in [-0.2, 0) is 4.79 Å². The number of carbonyl (C=O) groups is 1. The van der Waals surface area contributed by atoms with Gasteiger partial charge in [0, 0.05) is 17.9 Å². The Kier molecular flexibility index (Phi) is 2.95. The third-order valence-electron chi connectivity index (χ3n) is 2.29. The predicted molar refractivity (Wildman–Crippen MR) is 49.1 cm³/mol. The van der Waals surface area contributed by atoms with E-state index in [1.165, 1.54) is 4.90 Å². The largest absolute Gasteiger partial charge is 0.334 e. The number of hydrogen-bond acceptors (Lipinski definition) is 1. The molecule has 5 heteroatoms. The standard InChI is InChI=1S/C8H12BrF2NO/c1-5(2)12-4-6(3-9)8(10,11)7(12)13/h5-6H,3-4H2,1-2H3/t6-/m1/s1. The van der Waals surface area contributed by atoms with Crippen LogP contribution in [-0.4, -0.2) is 34.6 Å². The van der Waals surface area contributed by atoms with Crippen LogP contribution >= 0.6 is 15.9 Å². The Morgan fingerprint density at radius 3 is 2.46 bits per heavy atom. The fourth-order valence-corrected chi connectivity index (χ4v) is 2.00. The summed E-state index contributed by atoms with van der Waals surface area (Å²) in [5.41, 5.74) is 0. The molecule has 0 spiro atoms. The number of rotatable bonds is 2. The molecule has 0 bridgehead atoms. The molecule has 0 aromatic carbocycles. The summed E-state index contributed by atoms with van der Waals surface area (Å²) in [5.74, 6) is -5.11. The van der Waals surface area contributed by atoms with Gasteiger partial charge in [-0.1, -0.05) is 15.9 Å². The molecule has 1 amide bonds. The van der Waals surface area contributed by atoms with Crippen LogP contribution in [0.5, 0.6) is 0 Å². The number of likely N-dealkylation sites (tertiary alicyclic amines) is 1. The van der Waals surface area contributed by atoms with Crippen molar-refractivity contribution in [1.29, 1.82) is 0 Å². The molecule has 13 heavy (non-hydrogen) atoms. The van der Waals surface area contributed by atoms with E-state index in [2.05, 4.69) is 15.9 Å². The molecule has 1 rings (SSSR count). The molecule has 1 saturated heterocycles. The molecule has 0 radical (unpaired) electrons. The van der Waals surface area contributed by atoms with Gasteiger partial charge < -0.3 is 4.90 Å². The lowest BCUT2D eigenvalue weighted by Crippen LogP contribution is -2.38. The number of carbonyl (C=O) groups excluding carboxylic acids is 1. The summed E-state index contributed by atoms with van der Waals surface area (Å²) in [5, 5.41) is 0.162. The van der Waals surface area contributed by atoms with Gasteiger partial charge in [-0.25, -0.2) is 0 Å². The highest BCUT2D eigenvalue weighted by molar-refractivity contribution is 9.09. The Balaban J connectivity index is 2.85. The van der Waals surface area contributed by atoms with Crippen molar-refractivity contribution in [2.75, 3.05) is 11.9 Å². The van der Waals surface area contributed by atoms with Gasteiger partial charge in [-0.2, -0.15) is 8.78 Å². The van der Waals surface area contributed by atoms with E-state index in [9.17, 15) is 13.6 Å². The lowest BCUT2D eigenvalue weighted by Gasteiger charge is -2.19. The highest BCUT2D eigenvalue weighted by atomic mass is 79.9. The van der Waals surface area contributed by atoms with E-state index in [0.29, 0.717) is 0 Å². The van der Waals surface area contributed by atoms with Crippen molar-refractivity contribution in [3.63, 3.8) is 0 Å². The summed E-state index contributed by atoms with van der Waals surface area (Å²) in [6.07, 6.45) is 0. The SMILES string of the molecule is CC(C)N1C[C@@H](CBr)C(F)(F)C1=O. The van der Waals surface area contributed by atoms with Gasteiger partial charge in [0.15, 0.2) is 0 Å². The van der Waals surface area contributed by atoms with E-state index in [-0.39, 0.29) is 17.9 Å². The predicted octanol–water partition coefficient (Wildman–Crippen LogP) is 1.88. The van der Waals surface area contributed by atoms with E-state index in [1.807, 2.05) is 0 Å². The Hall–Kier alpha value is -0.190. The zero-order chi connectivity index (χ0) is 10.2. The van der Waals surface area contributed by atoms with Crippen LogP contribution in [0.15, 0.2) is 0 Å².